The van der Waals surface area contributed by atoms with Crippen molar-refractivity contribution in [1.82, 2.24) is 14.9 Å². The number of rotatable bonds is 6. The predicted octanol–water partition coefficient (Wildman–Crippen LogP) is 3.49. The third-order valence-electron chi connectivity index (χ3n) is 5.42. The van der Waals surface area contributed by atoms with Crippen LogP contribution >= 0.6 is 12.2 Å². The fraction of sp³-hybridized carbons (Fsp3) is 0.261. The molecule has 0 unspecified atom stereocenters. The van der Waals surface area contributed by atoms with Gasteiger partial charge in [-0.1, -0.05) is 6.07 Å². The quantitative estimate of drug-likeness (QED) is 0.578. The van der Waals surface area contributed by atoms with Crippen LogP contribution in [0.3, 0.4) is 0 Å². The highest BCUT2D eigenvalue weighted by atomic mass is 32.1. The number of aromatic nitrogens is 2. The van der Waals surface area contributed by atoms with E-state index >= 15 is 0 Å². The molecule has 31 heavy (non-hydrogen) atoms. The lowest BCUT2D eigenvalue weighted by Crippen LogP contribution is -2.30. The molecule has 2 atom stereocenters. The van der Waals surface area contributed by atoms with E-state index in [1.807, 2.05) is 62.6 Å². The first-order valence-electron chi connectivity index (χ1n) is 10.0. The van der Waals surface area contributed by atoms with E-state index < -0.39 is 0 Å². The van der Waals surface area contributed by atoms with Crippen LogP contribution in [-0.4, -0.2) is 34.3 Å². The van der Waals surface area contributed by atoms with Crippen molar-refractivity contribution in [2.45, 2.75) is 19.0 Å². The number of aryl methyl sites for hydroxylation is 2. The summed E-state index contributed by atoms with van der Waals surface area (Å²) in [7, 11) is 3.53. The first-order valence-corrected chi connectivity index (χ1v) is 10.4. The molecule has 1 aromatic carbocycles. The fourth-order valence-electron chi connectivity index (χ4n) is 3.97. The average molecular weight is 436 g/mol. The summed E-state index contributed by atoms with van der Waals surface area (Å²) in [5.41, 5.74) is 4.69. The third kappa shape index (κ3) is 4.17. The third-order valence-corrected chi connectivity index (χ3v) is 5.74. The molecule has 0 saturated carbocycles. The Hall–Kier alpha value is -3.23. The molecule has 8 heteroatoms. The molecule has 1 aliphatic heterocycles. The molecule has 1 aliphatic rings. The number of pyridine rings is 1. The van der Waals surface area contributed by atoms with Crippen LogP contribution in [0.4, 0.5) is 11.4 Å². The minimum atomic E-state index is -0.186. The summed E-state index contributed by atoms with van der Waals surface area (Å²) >= 11 is 5.77. The Morgan fingerprint density at radius 2 is 2.10 bits per heavy atom. The zero-order chi connectivity index (χ0) is 22.0. The highest BCUT2D eigenvalue weighted by Crippen LogP contribution is 2.42. The maximum atomic E-state index is 11.9. The zero-order valence-electron chi connectivity index (χ0n) is 17.7. The van der Waals surface area contributed by atoms with Gasteiger partial charge in [-0.15, -0.1) is 0 Å². The van der Waals surface area contributed by atoms with Crippen LogP contribution in [0.1, 0.15) is 29.0 Å². The van der Waals surface area contributed by atoms with Gasteiger partial charge in [0.25, 0.3) is 0 Å². The summed E-state index contributed by atoms with van der Waals surface area (Å²) in [6, 6.07) is 15.8. The first-order chi connectivity index (χ1) is 15.0. The second-order valence-electron chi connectivity index (χ2n) is 7.52. The van der Waals surface area contributed by atoms with Crippen LogP contribution in [0, 0.1) is 6.92 Å². The molecule has 1 saturated heterocycles. The monoisotopic (exact) mass is 435 g/mol. The van der Waals surface area contributed by atoms with Gasteiger partial charge in [-0.2, -0.15) is 0 Å². The second kappa shape index (κ2) is 8.87. The Balaban J connectivity index is 1.72. The summed E-state index contributed by atoms with van der Waals surface area (Å²) in [5.74, 6) is -0.186. The Bertz CT molecular complexity index is 1100. The van der Waals surface area contributed by atoms with E-state index in [9.17, 15) is 4.79 Å². The molecule has 0 radical (unpaired) electrons. The number of hydrogen-bond donors (Lipinski definition) is 2. The van der Waals surface area contributed by atoms with Crippen LogP contribution in [0.15, 0.2) is 60.9 Å². The summed E-state index contributed by atoms with van der Waals surface area (Å²) in [6.07, 6.45) is 3.83. The number of methoxy groups -OCH3 is 1. The number of nitrogens with zero attached hydrogens (tertiary/aromatic N) is 3. The van der Waals surface area contributed by atoms with Gasteiger partial charge in [0.2, 0.25) is 5.91 Å². The van der Waals surface area contributed by atoms with Crippen molar-refractivity contribution in [1.29, 1.82) is 0 Å². The van der Waals surface area contributed by atoms with Gasteiger partial charge < -0.3 is 24.8 Å². The van der Waals surface area contributed by atoms with Crippen molar-refractivity contribution >= 4 is 34.6 Å². The number of amides is 1. The largest absolute Gasteiger partial charge is 0.375 e. The molecule has 3 heterocycles. The predicted molar refractivity (Wildman–Crippen MR) is 125 cm³/mol. The standard InChI is InChI=1S/C23H25N5O2S/c1-15-13-16(9-10-17(15)25-20(29)14-30-3)28-22(19-8-6-12-27(19)2)21(26-23(28)31)18-7-4-5-11-24-18/h4-13,21-22H,14H2,1-3H3,(H,25,29)(H,26,31)/t21-,22+/m0/s1. The number of hydrogen-bond acceptors (Lipinski definition) is 4. The molecule has 1 amide bonds. The number of carbonyl (C=O) groups is 1. The zero-order valence-corrected chi connectivity index (χ0v) is 18.5. The lowest BCUT2D eigenvalue weighted by molar-refractivity contribution is -0.119. The average Bonchev–Trinajstić information content (AvgIpc) is 3.32. The lowest BCUT2D eigenvalue weighted by atomic mass is 10.0. The van der Waals surface area contributed by atoms with Crippen LogP contribution in [0.5, 0.6) is 0 Å². The molecule has 2 aromatic heterocycles. The molecule has 160 valence electrons. The highest BCUT2D eigenvalue weighted by molar-refractivity contribution is 7.80. The fourth-order valence-corrected chi connectivity index (χ4v) is 4.32. The SMILES string of the molecule is COCC(=O)Nc1ccc(N2C(=S)N[C@@H](c3ccccn3)[C@H]2c2cccn2C)cc1C. The van der Waals surface area contributed by atoms with Crippen LogP contribution in [-0.2, 0) is 16.6 Å². The molecular formula is C23H25N5O2S. The van der Waals surface area contributed by atoms with E-state index in [1.165, 1.54) is 7.11 Å². The topological polar surface area (TPSA) is 71.4 Å². The van der Waals surface area contributed by atoms with Crippen LogP contribution < -0.4 is 15.5 Å². The Morgan fingerprint density at radius 3 is 2.74 bits per heavy atom. The molecule has 3 aromatic rings. The normalized spacial score (nSPS) is 18.2. The maximum Gasteiger partial charge on any atom is 0.250 e. The molecule has 2 N–H and O–H groups in total. The van der Waals surface area contributed by atoms with E-state index in [2.05, 4.69) is 31.2 Å². The number of ether oxygens (including phenoxy) is 1. The summed E-state index contributed by atoms with van der Waals surface area (Å²) in [4.78, 5) is 18.6. The van der Waals surface area contributed by atoms with Gasteiger partial charge in [0, 0.05) is 43.6 Å². The Morgan fingerprint density at radius 1 is 1.26 bits per heavy atom. The van der Waals surface area contributed by atoms with Crippen molar-refractivity contribution < 1.29 is 9.53 Å². The number of nitrogens with one attached hydrogen (secondary N) is 2. The van der Waals surface area contributed by atoms with Gasteiger partial charge in [0.1, 0.15) is 12.6 Å². The van der Waals surface area contributed by atoms with Gasteiger partial charge in [0.05, 0.1) is 11.7 Å². The van der Waals surface area contributed by atoms with E-state index in [0.29, 0.717) is 5.11 Å². The molecule has 0 spiro atoms. The van der Waals surface area contributed by atoms with Gasteiger partial charge in [-0.05, 0) is 67.2 Å². The summed E-state index contributed by atoms with van der Waals surface area (Å²) < 4.78 is 7.01. The Kier molecular flexibility index (Phi) is 6.01. The number of thiocarbonyl (C=S) groups is 1. The summed E-state index contributed by atoms with van der Waals surface area (Å²) in [6.45, 7) is 1.98. The Labute approximate surface area is 187 Å². The number of carbonyl (C=O) groups excluding carboxylic acids is 1. The molecule has 4 rings (SSSR count). The minimum absolute atomic E-state index is 0.0165. The highest BCUT2D eigenvalue weighted by Gasteiger charge is 2.41. The number of benzene rings is 1. The molecule has 0 aliphatic carbocycles. The molecular weight excluding hydrogens is 410 g/mol. The maximum absolute atomic E-state index is 11.9. The lowest BCUT2D eigenvalue weighted by Gasteiger charge is -2.29. The molecule has 0 bridgehead atoms. The van der Waals surface area contributed by atoms with Gasteiger partial charge in [0.15, 0.2) is 5.11 Å². The van der Waals surface area contributed by atoms with Crippen molar-refractivity contribution in [3.8, 4) is 0 Å². The van der Waals surface area contributed by atoms with Gasteiger partial charge >= 0.3 is 0 Å². The number of anilines is 2. The van der Waals surface area contributed by atoms with Crippen LogP contribution in [0.2, 0.25) is 0 Å². The summed E-state index contributed by atoms with van der Waals surface area (Å²) in [5, 5.41) is 6.98. The van der Waals surface area contributed by atoms with Gasteiger partial charge in [-0.25, -0.2) is 0 Å². The van der Waals surface area contributed by atoms with Crippen molar-refractivity contribution in [2.24, 2.45) is 7.05 Å². The van der Waals surface area contributed by atoms with Crippen molar-refractivity contribution in [3.05, 3.63) is 77.9 Å². The van der Waals surface area contributed by atoms with E-state index in [1.54, 1.807) is 6.20 Å². The minimum Gasteiger partial charge on any atom is -0.375 e. The van der Waals surface area contributed by atoms with E-state index in [4.69, 9.17) is 17.0 Å². The smallest absolute Gasteiger partial charge is 0.250 e. The van der Waals surface area contributed by atoms with Crippen LogP contribution in [0.25, 0.3) is 0 Å². The first kappa shape index (κ1) is 21.0. The molecule has 1 fully saturated rings. The van der Waals surface area contributed by atoms with Crippen molar-refractivity contribution in [3.63, 3.8) is 0 Å². The van der Waals surface area contributed by atoms with E-state index in [0.717, 1.165) is 28.3 Å². The molecule has 7 nitrogen and oxygen atoms in total. The van der Waals surface area contributed by atoms with Crippen molar-refractivity contribution in [2.75, 3.05) is 23.9 Å². The van der Waals surface area contributed by atoms with Gasteiger partial charge in [-0.3, -0.25) is 9.78 Å². The second-order valence-corrected chi connectivity index (χ2v) is 7.91. The van der Waals surface area contributed by atoms with E-state index in [-0.39, 0.29) is 24.6 Å².